The summed E-state index contributed by atoms with van der Waals surface area (Å²) in [5, 5.41) is 7.77. The molecular weight excluding hydrogens is 587 g/mol. The molecule has 0 fully saturated rings. The van der Waals surface area contributed by atoms with E-state index in [4.69, 9.17) is 14.9 Å². The van der Waals surface area contributed by atoms with Crippen molar-refractivity contribution in [2.24, 2.45) is 7.05 Å². The van der Waals surface area contributed by atoms with E-state index < -0.39 is 5.82 Å². The lowest BCUT2D eigenvalue weighted by molar-refractivity contribution is -0.112. The van der Waals surface area contributed by atoms with Gasteiger partial charge in [0.15, 0.2) is 0 Å². The third-order valence-corrected chi connectivity index (χ3v) is 7.15. The van der Waals surface area contributed by atoms with Crippen LogP contribution in [0.2, 0.25) is 0 Å². The summed E-state index contributed by atoms with van der Waals surface area (Å²) in [6.07, 6.45) is 7.79. The SMILES string of the molecule is C/C(=C\N(c1ccc(F)cn1)C(C)C)C(=O)Nc1ccc(Oc2ncnc3oc(-c4cnn(C)c4)c(-c4cccc(N)c4)c23)cc1. The number of hydrogen-bond donors (Lipinski definition) is 2. The van der Waals surface area contributed by atoms with E-state index in [9.17, 15) is 9.18 Å². The molecule has 232 valence electrons. The first-order chi connectivity index (χ1) is 22.2. The second-order valence-corrected chi connectivity index (χ2v) is 10.9. The summed E-state index contributed by atoms with van der Waals surface area (Å²) in [7, 11) is 1.83. The van der Waals surface area contributed by atoms with Crippen LogP contribution in [0.4, 0.5) is 21.6 Å². The number of amides is 1. The summed E-state index contributed by atoms with van der Waals surface area (Å²) in [6, 6.07) is 17.3. The number of carbonyl (C=O) groups is 1. The Kier molecular flexibility index (Phi) is 8.17. The van der Waals surface area contributed by atoms with E-state index in [0.717, 1.165) is 22.9 Å². The molecule has 4 heterocycles. The van der Waals surface area contributed by atoms with Gasteiger partial charge in [-0.05, 0) is 74.9 Å². The fourth-order valence-corrected chi connectivity index (χ4v) is 4.91. The van der Waals surface area contributed by atoms with Gasteiger partial charge in [-0.15, -0.1) is 0 Å². The van der Waals surface area contributed by atoms with E-state index in [1.807, 2.05) is 51.4 Å². The normalized spacial score (nSPS) is 11.7. The van der Waals surface area contributed by atoms with Gasteiger partial charge >= 0.3 is 0 Å². The number of fused-ring (bicyclic) bond motifs is 1. The maximum atomic E-state index is 13.4. The molecule has 0 radical (unpaired) electrons. The first kappa shape index (κ1) is 30.0. The molecule has 12 heteroatoms. The van der Waals surface area contributed by atoms with Crippen LogP contribution in [-0.2, 0) is 11.8 Å². The number of hydrogen-bond acceptors (Lipinski definition) is 9. The summed E-state index contributed by atoms with van der Waals surface area (Å²) < 4.78 is 27.6. The average molecular weight is 619 g/mol. The number of ether oxygens (including phenoxy) is 1. The minimum absolute atomic E-state index is 0.0131. The molecule has 0 aliphatic heterocycles. The van der Waals surface area contributed by atoms with Gasteiger partial charge in [-0.1, -0.05) is 12.1 Å². The first-order valence-electron chi connectivity index (χ1n) is 14.5. The number of aryl methyl sites for hydroxylation is 1. The summed E-state index contributed by atoms with van der Waals surface area (Å²) >= 11 is 0. The molecule has 11 nitrogen and oxygen atoms in total. The van der Waals surface area contributed by atoms with Gasteiger partial charge in [0, 0.05) is 48.0 Å². The standard InChI is InChI=1S/C34H31FN8O3/c1-20(2)43(28-13-8-24(35)16-37-28)17-21(3)32(44)41-26-9-11-27(12-10-26)45-33-30-29(22-6-5-7-25(36)14-22)31(23-15-40-42(4)18-23)46-34(30)39-19-38-33/h5-20H,36H2,1-4H3,(H,41,44)/b21-17+. The number of nitrogens with two attached hydrogens (primary N) is 1. The Morgan fingerprint density at radius 1 is 1.07 bits per heavy atom. The third kappa shape index (κ3) is 6.27. The van der Waals surface area contributed by atoms with Gasteiger partial charge in [0.25, 0.3) is 5.91 Å². The predicted octanol–water partition coefficient (Wildman–Crippen LogP) is 6.96. The lowest BCUT2D eigenvalue weighted by Crippen LogP contribution is -2.27. The highest BCUT2D eigenvalue weighted by Gasteiger charge is 2.24. The van der Waals surface area contributed by atoms with E-state index >= 15 is 0 Å². The van der Waals surface area contributed by atoms with Gasteiger partial charge in [0.2, 0.25) is 11.6 Å². The van der Waals surface area contributed by atoms with Crippen molar-refractivity contribution in [2.45, 2.75) is 26.8 Å². The van der Waals surface area contributed by atoms with Crippen molar-refractivity contribution >= 4 is 34.2 Å². The van der Waals surface area contributed by atoms with Crippen LogP contribution in [0.15, 0.2) is 102 Å². The van der Waals surface area contributed by atoms with Gasteiger partial charge in [-0.2, -0.15) is 5.10 Å². The highest BCUT2D eigenvalue weighted by atomic mass is 19.1. The van der Waals surface area contributed by atoms with Crippen molar-refractivity contribution < 1.29 is 18.3 Å². The lowest BCUT2D eigenvalue weighted by atomic mass is 10.0. The zero-order valence-electron chi connectivity index (χ0n) is 25.6. The molecule has 1 amide bonds. The molecule has 0 aliphatic carbocycles. The van der Waals surface area contributed by atoms with Crippen molar-refractivity contribution in [3.05, 3.63) is 103 Å². The molecule has 6 rings (SSSR count). The number of halogens is 1. The van der Waals surface area contributed by atoms with E-state index in [0.29, 0.717) is 51.3 Å². The number of pyridine rings is 1. The van der Waals surface area contributed by atoms with E-state index in [-0.39, 0.29) is 11.9 Å². The second kappa shape index (κ2) is 12.5. The number of nitrogen functional groups attached to an aromatic ring is 1. The molecule has 0 spiro atoms. The predicted molar refractivity (Wildman–Crippen MR) is 175 cm³/mol. The minimum Gasteiger partial charge on any atom is -0.438 e. The van der Waals surface area contributed by atoms with Gasteiger partial charge < -0.3 is 25.1 Å². The van der Waals surface area contributed by atoms with Gasteiger partial charge in [-0.3, -0.25) is 9.48 Å². The summed E-state index contributed by atoms with van der Waals surface area (Å²) in [5.74, 6) is 1.15. The van der Waals surface area contributed by atoms with Crippen molar-refractivity contribution in [2.75, 3.05) is 16.0 Å². The van der Waals surface area contributed by atoms with Crippen LogP contribution in [0.3, 0.4) is 0 Å². The largest absolute Gasteiger partial charge is 0.438 e. The Labute approximate surface area is 264 Å². The third-order valence-electron chi connectivity index (χ3n) is 7.15. The number of carbonyl (C=O) groups excluding carboxylic acids is 1. The number of benzene rings is 2. The van der Waals surface area contributed by atoms with E-state index in [2.05, 4.69) is 25.4 Å². The minimum atomic E-state index is -0.427. The van der Waals surface area contributed by atoms with Crippen LogP contribution in [0.25, 0.3) is 33.6 Å². The molecule has 0 saturated carbocycles. The fourth-order valence-electron chi connectivity index (χ4n) is 4.91. The number of nitrogens with one attached hydrogen (secondary N) is 1. The smallest absolute Gasteiger partial charge is 0.252 e. The van der Waals surface area contributed by atoms with Crippen LogP contribution in [0, 0.1) is 5.82 Å². The fraction of sp³-hybridized carbons (Fsp3) is 0.147. The van der Waals surface area contributed by atoms with Crippen molar-refractivity contribution in [1.29, 1.82) is 0 Å². The van der Waals surface area contributed by atoms with Gasteiger partial charge in [0.1, 0.15) is 34.9 Å². The summed E-state index contributed by atoms with van der Waals surface area (Å²) in [4.78, 5) is 27.8. The molecule has 6 aromatic rings. The maximum absolute atomic E-state index is 13.4. The Bertz CT molecular complexity index is 2050. The Hall–Kier alpha value is -6.04. The molecule has 2 aromatic carbocycles. The second-order valence-electron chi connectivity index (χ2n) is 10.9. The van der Waals surface area contributed by atoms with E-state index in [1.165, 1.54) is 12.4 Å². The van der Waals surface area contributed by atoms with E-state index in [1.54, 1.807) is 59.2 Å². The average Bonchev–Trinajstić information content (AvgIpc) is 3.65. The van der Waals surface area contributed by atoms with Crippen molar-refractivity contribution in [3.8, 4) is 34.1 Å². The Morgan fingerprint density at radius 2 is 1.87 bits per heavy atom. The zero-order chi connectivity index (χ0) is 32.4. The lowest BCUT2D eigenvalue weighted by Gasteiger charge is -2.24. The Morgan fingerprint density at radius 3 is 2.54 bits per heavy atom. The molecule has 0 aliphatic rings. The molecule has 0 unspecified atom stereocenters. The summed E-state index contributed by atoms with van der Waals surface area (Å²) in [6.45, 7) is 5.62. The number of anilines is 3. The van der Waals surface area contributed by atoms with Gasteiger partial charge in [-0.25, -0.2) is 19.3 Å². The quantitative estimate of drug-likeness (QED) is 0.130. The maximum Gasteiger partial charge on any atom is 0.252 e. The molecule has 46 heavy (non-hydrogen) atoms. The molecular formula is C34H31FN8O3. The molecule has 0 bridgehead atoms. The number of rotatable bonds is 9. The number of furan rings is 1. The highest BCUT2D eigenvalue weighted by Crippen LogP contribution is 2.44. The molecule has 4 aromatic heterocycles. The van der Waals surface area contributed by atoms with Crippen molar-refractivity contribution in [3.63, 3.8) is 0 Å². The highest BCUT2D eigenvalue weighted by molar-refractivity contribution is 6.04. The number of nitrogens with zero attached hydrogens (tertiary/aromatic N) is 6. The first-order valence-corrected chi connectivity index (χ1v) is 14.5. The van der Waals surface area contributed by atoms with Crippen LogP contribution < -0.4 is 20.7 Å². The van der Waals surface area contributed by atoms with Crippen LogP contribution in [0.5, 0.6) is 11.6 Å². The van der Waals surface area contributed by atoms with Gasteiger partial charge in [0.05, 0.1) is 18.0 Å². The summed E-state index contributed by atoms with van der Waals surface area (Å²) in [5.41, 5.74) is 10.4. The zero-order valence-corrected chi connectivity index (χ0v) is 25.6. The number of aromatic nitrogens is 5. The molecule has 0 saturated heterocycles. The van der Waals surface area contributed by atoms with Crippen LogP contribution in [-0.4, -0.2) is 36.7 Å². The van der Waals surface area contributed by atoms with Crippen LogP contribution >= 0.6 is 0 Å². The van der Waals surface area contributed by atoms with Crippen LogP contribution in [0.1, 0.15) is 20.8 Å². The Balaban J connectivity index is 1.26. The molecule has 3 N–H and O–H groups in total. The topological polar surface area (TPSA) is 137 Å². The molecule has 0 atom stereocenters. The monoisotopic (exact) mass is 618 g/mol. The van der Waals surface area contributed by atoms with Crippen molar-refractivity contribution in [1.82, 2.24) is 24.7 Å².